The van der Waals surface area contributed by atoms with E-state index in [1.165, 1.54) is 13.0 Å². The van der Waals surface area contributed by atoms with Crippen LogP contribution in [0.4, 0.5) is 0 Å². The first-order valence-electron chi connectivity index (χ1n) is 8.84. The molecule has 2 aliphatic heterocycles. The highest BCUT2D eigenvalue weighted by Gasteiger charge is 2.38. The average Bonchev–Trinajstić information content (AvgIpc) is 3.36. The van der Waals surface area contributed by atoms with Crippen LogP contribution in [0.3, 0.4) is 0 Å². The van der Waals surface area contributed by atoms with Gasteiger partial charge in [-0.2, -0.15) is 0 Å². The van der Waals surface area contributed by atoms with Crippen molar-refractivity contribution in [3.8, 4) is 0 Å². The molecule has 0 aromatic carbocycles. The van der Waals surface area contributed by atoms with E-state index in [9.17, 15) is 14.4 Å². The molecular formula is C19H21N3O6. The number of hydrogen-bond acceptors (Lipinski definition) is 6. The summed E-state index contributed by atoms with van der Waals surface area (Å²) in [7, 11) is 0. The summed E-state index contributed by atoms with van der Waals surface area (Å²) in [6, 6.07) is 2.09. The molecule has 2 bridgehead atoms. The second-order valence-electron chi connectivity index (χ2n) is 6.88. The Balaban J connectivity index is 0.000000242. The number of rotatable bonds is 4. The van der Waals surface area contributed by atoms with Gasteiger partial charge in [-0.3, -0.25) is 4.79 Å². The molecule has 4 heterocycles. The summed E-state index contributed by atoms with van der Waals surface area (Å²) in [5.74, 6) is -1.98. The number of pyridine rings is 1. The number of aliphatic carboxylic acids is 2. The average molecular weight is 387 g/mol. The van der Waals surface area contributed by atoms with Crippen molar-refractivity contribution in [3.05, 3.63) is 41.9 Å². The highest BCUT2D eigenvalue weighted by atomic mass is 16.4. The number of aryl methyl sites for hydroxylation is 1. The maximum absolute atomic E-state index is 12.3. The predicted octanol–water partition coefficient (Wildman–Crippen LogP) is 1.28. The van der Waals surface area contributed by atoms with Crippen molar-refractivity contribution in [2.45, 2.75) is 19.4 Å². The Morgan fingerprint density at radius 3 is 2.54 bits per heavy atom. The Hall–Kier alpha value is -3.20. The van der Waals surface area contributed by atoms with Crippen molar-refractivity contribution >= 4 is 28.8 Å². The first-order valence-corrected chi connectivity index (χ1v) is 8.84. The fourth-order valence-electron chi connectivity index (χ4n) is 3.52. The molecule has 28 heavy (non-hydrogen) atoms. The third kappa shape index (κ3) is 4.55. The number of nitrogens with zero attached hydrogens (tertiary/aromatic N) is 2. The lowest BCUT2D eigenvalue weighted by Crippen LogP contribution is -2.43. The molecule has 0 radical (unpaired) electrons. The van der Waals surface area contributed by atoms with Gasteiger partial charge in [0.05, 0.1) is 12.5 Å². The van der Waals surface area contributed by atoms with Crippen LogP contribution in [0.15, 0.2) is 35.1 Å². The molecule has 2 fully saturated rings. The van der Waals surface area contributed by atoms with E-state index in [0.29, 0.717) is 23.8 Å². The maximum Gasteiger partial charge on any atom is 0.328 e. The normalized spacial score (nSPS) is 22.8. The maximum atomic E-state index is 12.3. The molecule has 3 N–H and O–H groups in total. The fourth-order valence-corrected chi connectivity index (χ4v) is 3.52. The SMILES string of the molecule is Cc1coc2cnc(C(=O)NC3CN4CCC3C4)cc12.O=C(O)/C=C/C(=O)O. The van der Waals surface area contributed by atoms with Crippen LogP contribution in [0.1, 0.15) is 22.5 Å². The second kappa shape index (κ2) is 8.22. The molecule has 2 saturated heterocycles. The molecule has 2 aliphatic rings. The van der Waals surface area contributed by atoms with Crippen molar-refractivity contribution in [1.82, 2.24) is 15.2 Å². The van der Waals surface area contributed by atoms with Crippen LogP contribution in [-0.2, 0) is 9.59 Å². The van der Waals surface area contributed by atoms with Crippen LogP contribution in [-0.4, -0.2) is 63.6 Å². The molecule has 9 heteroatoms. The first kappa shape index (κ1) is 19.6. The molecular weight excluding hydrogens is 366 g/mol. The number of furan rings is 1. The predicted molar refractivity (Wildman–Crippen MR) is 99.0 cm³/mol. The van der Waals surface area contributed by atoms with Gasteiger partial charge < -0.3 is 24.8 Å². The standard InChI is InChI=1S/C15H17N3O2.C4H4O4/c1-9-8-20-14-5-16-12(4-11(9)14)15(19)17-13-7-18-3-2-10(13)6-18;5-3(6)1-2-4(7)8/h4-5,8,10,13H,2-3,6-7H2,1H3,(H,17,19);1-2H,(H,5,6)(H,7,8)/b;2-1+. The smallest absolute Gasteiger partial charge is 0.328 e. The van der Waals surface area contributed by atoms with Crippen molar-refractivity contribution in [1.29, 1.82) is 0 Å². The number of aromatic nitrogens is 1. The molecule has 0 aliphatic carbocycles. The number of nitrogens with one attached hydrogen (secondary N) is 1. The summed E-state index contributed by atoms with van der Waals surface area (Å²) in [6.07, 6.45) is 5.63. The summed E-state index contributed by atoms with van der Waals surface area (Å²) in [5, 5.41) is 19.7. The number of carbonyl (C=O) groups excluding carboxylic acids is 1. The molecule has 1 amide bonds. The Bertz CT molecular complexity index is 919. The lowest BCUT2D eigenvalue weighted by molar-refractivity contribution is -0.134. The molecule has 9 nitrogen and oxygen atoms in total. The number of hydrogen-bond donors (Lipinski definition) is 3. The number of carboxylic acid groups (broad SMARTS) is 2. The highest BCUT2D eigenvalue weighted by Crippen LogP contribution is 2.28. The van der Waals surface area contributed by atoms with Crippen LogP contribution in [0, 0.1) is 12.8 Å². The molecule has 4 rings (SSSR count). The fraction of sp³-hybridized carbons (Fsp3) is 0.368. The van der Waals surface area contributed by atoms with Gasteiger partial charge in [0.15, 0.2) is 5.58 Å². The molecule has 2 aromatic heterocycles. The van der Waals surface area contributed by atoms with E-state index in [-0.39, 0.29) is 11.9 Å². The molecule has 148 valence electrons. The molecule has 0 spiro atoms. The first-order chi connectivity index (χ1) is 13.3. The van der Waals surface area contributed by atoms with E-state index in [2.05, 4.69) is 15.2 Å². The topological polar surface area (TPSA) is 133 Å². The van der Waals surface area contributed by atoms with Gasteiger partial charge in [0.1, 0.15) is 5.69 Å². The van der Waals surface area contributed by atoms with Crippen LogP contribution >= 0.6 is 0 Å². The van der Waals surface area contributed by atoms with Crippen LogP contribution < -0.4 is 5.32 Å². The quantitative estimate of drug-likeness (QED) is 0.668. The highest BCUT2D eigenvalue weighted by molar-refractivity contribution is 5.96. The van der Waals surface area contributed by atoms with Gasteiger partial charge in [-0.1, -0.05) is 0 Å². The van der Waals surface area contributed by atoms with Gasteiger partial charge in [-0.15, -0.1) is 0 Å². The Morgan fingerprint density at radius 2 is 1.96 bits per heavy atom. The number of piperidine rings is 1. The Labute approximate surface area is 160 Å². The lowest BCUT2D eigenvalue weighted by Gasteiger charge is -2.22. The van der Waals surface area contributed by atoms with Gasteiger partial charge in [-0.05, 0) is 37.4 Å². The van der Waals surface area contributed by atoms with E-state index >= 15 is 0 Å². The Morgan fingerprint density at radius 1 is 1.25 bits per heavy atom. The van der Waals surface area contributed by atoms with E-state index in [1.54, 1.807) is 12.5 Å². The van der Waals surface area contributed by atoms with Crippen molar-refractivity contribution in [2.24, 2.45) is 5.92 Å². The summed E-state index contributed by atoms with van der Waals surface area (Å²) >= 11 is 0. The third-order valence-electron chi connectivity index (χ3n) is 4.91. The van der Waals surface area contributed by atoms with Crippen molar-refractivity contribution in [2.75, 3.05) is 19.6 Å². The van der Waals surface area contributed by atoms with E-state index < -0.39 is 11.9 Å². The largest absolute Gasteiger partial charge is 0.478 e. The van der Waals surface area contributed by atoms with E-state index in [1.807, 2.05) is 13.0 Å². The minimum Gasteiger partial charge on any atom is -0.478 e. The lowest BCUT2D eigenvalue weighted by atomic mass is 10.00. The second-order valence-corrected chi connectivity index (χ2v) is 6.88. The van der Waals surface area contributed by atoms with E-state index in [4.69, 9.17) is 14.6 Å². The van der Waals surface area contributed by atoms with Crippen molar-refractivity contribution in [3.63, 3.8) is 0 Å². The van der Waals surface area contributed by atoms with Crippen LogP contribution in [0.25, 0.3) is 11.0 Å². The number of carboxylic acids is 2. The minimum absolute atomic E-state index is 0.0775. The van der Waals surface area contributed by atoms with Crippen LogP contribution in [0.5, 0.6) is 0 Å². The summed E-state index contributed by atoms with van der Waals surface area (Å²) in [5.41, 5.74) is 2.23. The van der Waals surface area contributed by atoms with Gasteiger partial charge in [0.2, 0.25) is 0 Å². The zero-order chi connectivity index (χ0) is 20.3. The van der Waals surface area contributed by atoms with Gasteiger partial charge in [-0.25, -0.2) is 14.6 Å². The summed E-state index contributed by atoms with van der Waals surface area (Å²) < 4.78 is 5.36. The molecule has 3 unspecified atom stereocenters. The zero-order valence-electron chi connectivity index (χ0n) is 15.3. The Kier molecular flexibility index (Phi) is 5.74. The number of fused-ring (bicyclic) bond motifs is 3. The van der Waals surface area contributed by atoms with Gasteiger partial charge in [0, 0.05) is 36.7 Å². The zero-order valence-corrected chi connectivity index (χ0v) is 15.3. The molecule has 3 atom stereocenters. The third-order valence-corrected chi connectivity index (χ3v) is 4.91. The molecule has 2 aromatic rings. The monoisotopic (exact) mass is 387 g/mol. The van der Waals surface area contributed by atoms with Crippen molar-refractivity contribution < 1.29 is 29.0 Å². The summed E-state index contributed by atoms with van der Waals surface area (Å²) in [4.78, 5) is 38.1. The van der Waals surface area contributed by atoms with Gasteiger partial charge >= 0.3 is 11.9 Å². The van der Waals surface area contributed by atoms with Gasteiger partial charge in [0.25, 0.3) is 5.91 Å². The molecule has 0 saturated carbocycles. The minimum atomic E-state index is -1.26. The number of amides is 1. The van der Waals surface area contributed by atoms with Crippen LogP contribution in [0.2, 0.25) is 0 Å². The number of carbonyl (C=O) groups is 3. The van der Waals surface area contributed by atoms with E-state index in [0.717, 1.165) is 29.6 Å². The summed E-state index contributed by atoms with van der Waals surface area (Å²) in [6.45, 7) is 5.24.